The monoisotopic (exact) mass is 577 g/mol. The first-order valence-electron chi connectivity index (χ1n) is 11.9. The lowest BCUT2D eigenvalue weighted by Gasteiger charge is -2.26. The first-order valence-corrected chi connectivity index (χ1v) is 15.2. The number of nitrogens with zero attached hydrogens (tertiary/aromatic N) is 2. The van der Waals surface area contributed by atoms with Crippen LogP contribution in [0.2, 0.25) is 5.02 Å². The second-order valence-corrected chi connectivity index (χ2v) is 12.9. The van der Waals surface area contributed by atoms with Crippen molar-refractivity contribution in [1.82, 2.24) is 4.31 Å². The molecule has 12 heteroatoms. The fraction of sp³-hybridized carbons (Fsp3) is 0.269. The summed E-state index contributed by atoms with van der Waals surface area (Å²) in [5, 5.41) is 3.01. The van der Waals surface area contributed by atoms with E-state index in [9.17, 15) is 21.6 Å². The third kappa shape index (κ3) is 6.12. The Morgan fingerprint density at radius 3 is 2.18 bits per heavy atom. The number of hydrogen-bond acceptors (Lipinski definition) is 6. The predicted octanol–water partition coefficient (Wildman–Crippen LogP) is 4.36. The van der Waals surface area contributed by atoms with Crippen LogP contribution >= 0.6 is 11.6 Å². The Balaban J connectivity index is 1.63. The first-order chi connectivity index (χ1) is 18.1. The minimum Gasteiger partial charge on any atom is -0.495 e. The fourth-order valence-electron chi connectivity index (χ4n) is 4.16. The van der Waals surface area contributed by atoms with Crippen LogP contribution in [0.25, 0.3) is 0 Å². The van der Waals surface area contributed by atoms with Crippen molar-refractivity contribution in [3.05, 3.63) is 77.8 Å². The average molecular weight is 578 g/mol. The molecule has 0 unspecified atom stereocenters. The number of hydrogen-bond donors (Lipinski definition) is 1. The van der Waals surface area contributed by atoms with Gasteiger partial charge in [0.2, 0.25) is 15.9 Å². The van der Waals surface area contributed by atoms with Gasteiger partial charge in [0.05, 0.1) is 28.3 Å². The number of halogens is 1. The van der Waals surface area contributed by atoms with Crippen LogP contribution in [0.15, 0.2) is 82.6 Å². The van der Waals surface area contributed by atoms with Crippen molar-refractivity contribution in [3.8, 4) is 5.75 Å². The minimum atomic E-state index is -4.14. The van der Waals surface area contributed by atoms with Gasteiger partial charge in [0.15, 0.2) is 0 Å². The zero-order valence-electron chi connectivity index (χ0n) is 20.7. The Kier molecular flexibility index (Phi) is 8.61. The van der Waals surface area contributed by atoms with Gasteiger partial charge in [-0.1, -0.05) is 36.2 Å². The first kappa shape index (κ1) is 27.9. The van der Waals surface area contributed by atoms with Gasteiger partial charge in [-0.15, -0.1) is 0 Å². The SMILES string of the molecule is COc1ccc(S(=O)(=O)N2CCCCC2)cc1NC(=O)CN(c1ccccc1)S(=O)(=O)c1ccc(Cl)cc1. The van der Waals surface area contributed by atoms with E-state index in [0.29, 0.717) is 18.1 Å². The number of carbonyl (C=O) groups excluding carboxylic acids is 1. The number of anilines is 2. The fourth-order valence-corrected chi connectivity index (χ4v) is 7.25. The second-order valence-electron chi connectivity index (χ2n) is 8.68. The smallest absolute Gasteiger partial charge is 0.264 e. The van der Waals surface area contributed by atoms with Crippen molar-refractivity contribution in [2.45, 2.75) is 29.1 Å². The maximum atomic E-state index is 13.5. The van der Waals surface area contributed by atoms with Gasteiger partial charge >= 0.3 is 0 Å². The van der Waals surface area contributed by atoms with Gasteiger partial charge in [0, 0.05) is 18.1 Å². The predicted molar refractivity (Wildman–Crippen MR) is 147 cm³/mol. The number of para-hydroxylation sites is 1. The number of sulfonamides is 2. The van der Waals surface area contributed by atoms with Gasteiger partial charge in [-0.2, -0.15) is 4.31 Å². The van der Waals surface area contributed by atoms with Crippen LogP contribution < -0.4 is 14.4 Å². The van der Waals surface area contributed by atoms with Crippen molar-refractivity contribution in [3.63, 3.8) is 0 Å². The third-order valence-corrected chi connectivity index (χ3v) is 10.1. The van der Waals surface area contributed by atoms with Crippen molar-refractivity contribution in [1.29, 1.82) is 0 Å². The molecule has 0 saturated carbocycles. The van der Waals surface area contributed by atoms with E-state index in [1.165, 1.54) is 53.9 Å². The summed E-state index contributed by atoms with van der Waals surface area (Å²) in [7, 11) is -6.51. The molecule has 0 aromatic heterocycles. The van der Waals surface area contributed by atoms with Gasteiger partial charge in [0.1, 0.15) is 12.3 Å². The van der Waals surface area contributed by atoms with Crippen LogP contribution in [0, 0.1) is 0 Å². The molecule has 1 aliphatic rings. The van der Waals surface area contributed by atoms with Crippen molar-refractivity contribution in [2.24, 2.45) is 0 Å². The van der Waals surface area contributed by atoms with Crippen molar-refractivity contribution < 1.29 is 26.4 Å². The number of carbonyl (C=O) groups is 1. The zero-order chi connectivity index (χ0) is 27.3. The third-order valence-electron chi connectivity index (χ3n) is 6.13. The van der Waals surface area contributed by atoms with Gasteiger partial charge in [0.25, 0.3) is 10.0 Å². The van der Waals surface area contributed by atoms with E-state index in [1.54, 1.807) is 30.3 Å². The van der Waals surface area contributed by atoms with Crippen molar-refractivity contribution in [2.75, 3.05) is 36.4 Å². The summed E-state index contributed by atoms with van der Waals surface area (Å²) in [6.07, 6.45) is 2.56. The van der Waals surface area contributed by atoms with Gasteiger partial charge < -0.3 is 10.1 Å². The normalized spacial score (nSPS) is 14.6. The highest BCUT2D eigenvalue weighted by Gasteiger charge is 2.29. The Morgan fingerprint density at radius 1 is 0.921 bits per heavy atom. The number of ether oxygens (including phenoxy) is 1. The molecule has 1 saturated heterocycles. The Labute approximate surface area is 228 Å². The quantitative estimate of drug-likeness (QED) is 0.404. The molecule has 3 aromatic carbocycles. The molecule has 0 aliphatic carbocycles. The maximum Gasteiger partial charge on any atom is 0.264 e. The molecule has 1 amide bonds. The largest absolute Gasteiger partial charge is 0.495 e. The number of nitrogens with one attached hydrogen (secondary N) is 1. The molecule has 1 fully saturated rings. The van der Waals surface area contributed by atoms with Gasteiger partial charge in [-0.05, 0) is 67.4 Å². The molecule has 9 nitrogen and oxygen atoms in total. The Bertz CT molecular complexity index is 1490. The molecule has 1 aliphatic heterocycles. The number of benzene rings is 3. The van der Waals surface area contributed by atoms with Crippen LogP contribution in [-0.2, 0) is 24.8 Å². The molecular weight excluding hydrogens is 550 g/mol. The molecule has 202 valence electrons. The van der Waals surface area contributed by atoms with E-state index < -0.39 is 32.5 Å². The van der Waals surface area contributed by atoms with Crippen molar-refractivity contribution >= 4 is 48.9 Å². The summed E-state index contributed by atoms with van der Waals surface area (Å²) >= 11 is 5.93. The summed E-state index contributed by atoms with van der Waals surface area (Å²) in [5.41, 5.74) is 0.401. The summed E-state index contributed by atoms with van der Waals surface area (Å²) < 4.78 is 61.1. The Hall–Kier alpha value is -3.12. The number of amides is 1. The highest BCUT2D eigenvalue weighted by molar-refractivity contribution is 7.92. The zero-order valence-corrected chi connectivity index (χ0v) is 23.1. The molecule has 0 radical (unpaired) electrons. The minimum absolute atomic E-state index is 0.0178. The molecular formula is C26H28ClN3O6S2. The molecule has 1 N–H and O–H groups in total. The Morgan fingerprint density at radius 2 is 1.55 bits per heavy atom. The average Bonchev–Trinajstić information content (AvgIpc) is 2.93. The van der Waals surface area contributed by atoms with E-state index in [2.05, 4.69) is 5.32 Å². The molecule has 4 rings (SSSR count). The lowest BCUT2D eigenvalue weighted by atomic mass is 10.2. The summed E-state index contributed by atoms with van der Waals surface area (Å²) in [4.78, 5) is 13.2. The van der Waals surface area contributed by atoms with E-state index in [-0.39, 0.29) is 26.9 Å². The second kappa shape index (κ2) is 11.7. The van der Waals surface area contributed by atoms with E-state index in [1.807, 2.05) is 0 Å². The lowest BCUT2D eigenvalue weighted by Crippen LogP contribution is -2.38. The van der Waals surface area contributed by atoms with Crippen LogP contribution in [0.5, 0.6) is 5.75 Å². The van der Waals surface area contributed by atoms with Gasteiger partial charge in [-0.3, -0.25) is 9.10 Å². The summed E-state index contributed by atoms with van der Waals surface area (Å²) in [6.45, 7) is 0.302. The van der Waals surface area contributed by atoms with Crippen LogP contribution in [0.3, 0.4) is 0 Å². The molecule has 3 aromatic rings. The molecule has 38 heavy (non-hydrogen) atoms. The number of rotatable bonds is 9. The number of piperidine rings is 1. The van der Waals surface area contributed by atoms with E-state index in [4.69, 9.17) is 16.3 Å². The summed E-state index contributed by atoms with van der Waals surface area (Å²) in [6, 6.07) is 18.1. The highest BCUT2D eigenvalue weighted by Crippen LogP contribution is 2.31. The summed E-state index contributed by atoms with van der Waals surface area (Å²) in [5.74, 6) is -0.444. The van der Waals surface area contributed by atoms with E-state index >= 15 is 0 Å². The van der Waals surface area contributed by atoms with E-state index in [0.717, 1.165) is 23.6 Å². The molecule has 0 atom stereocenters. The molecule has 0 bridgehead atoms. The van der Waals surface area contributed by atoms with Crippen LogP contribution in [-0.4, -0.2) is 53.8 Å². The van der Waals surface area contributed by atoms with Gasteiger partial charge in [-0.25, -0.2) is 16.8 Å². The maximum absolute atomic E-state index is 13.5. The molecule has 1 heterocycles. The standard InChI is InChI=1S/C26H28ClN3O6S2/c1-36-25-15-14-23(37(32,33)29-16-6-3-7-17-29)18-24(25)28-26(31)19-30(21-8-4-2-5-9-21)38(34,35)22-12-10-20(27)11-13-22/h2,4-5,8-15,18H,3,6-7,16-17,19H2,1H3,(H,28,31). The molecule has 0 spiro atoms. The van der Waals surface area contributed by atoms with Crippen LogP contribution in [0.1, 0.15) is 19.3 Å². The highest BCUT2D eigenvalue weighted by atomic mass is 35.5. The lowest BCUT2D eigenvalue weighted by molar-refractivity contribution is -0.114. The topological polar surface area (TPSA) is 113 Å². The number of methoxy groups -OCH3 is 1. The van der Waals surface area contributed by atoms with Crippen LogP contribution in [0.4, 0.5) is 11.4 Å².